The standard InChI is InChI=1S/C18H20N2O5/c1-18(2,3)25-17(21)19-15-10-9-14(20(22)23)11-16(15)24-12-13-7-5-4-6-8-13/h4-11H,12H2,1-3H3,(H,19,21). The number of benzene rings is 2. The van der Waals surface area contributed by atoms with Gasteiger partial charge in [-0.3, -0.25) is 15.4 Å². The average Bonchev–Trinajstić information content (AvgIpc) is 2.53. The van der Waals surface area contributed by atoms with Gasteiger partial charge in [-0.2, -0.15) is 0 Å². The smallest absolute Gasteiger partial charge is 0.412 e. The Balaban J connectivity index is 2.19. The Kier molecular flexibility index (Phi) is 5.59. The lowest BCUT2D eigenvalue weighted by molar-refractivity contribution is -0.384. The molecule has 0 saturated heterocycles. The third-order valence-electron chi connectivity index (χ3n) is 3.05. The summed E-state index contributed by atoms with van der Waals surface area (Å²) in [6, 6.07) is 13.3. The minimum atomic E-state index is -0.661. The average molecular weight is 344 g/mol. The molecule has 7 nitrogen and oxygen atoms in total. The van der Waals surface area contributed by atoms with E-state index in [4.69, 9.17) is 9.47 Å². The van der Waals surface area contributed by atoms with Crippen LogP contribution in [0, 0.1) is 10.1 Å². The Hall–Kier alpha value is -3.09. The van der Waals surface area contributed by atoms with Crippen molar-refractivity contribution in [1.82, 2.24) is 0 Å². The normalized spacial score (nSPS) is 10.8. The van der Waals surface area contributed by atoms with Crippen molar-refractivity contribution >= 4 is 17.5 Å². The maximum Gasteiger partial charge on any atom is 0.412 e. The van der Waals surface area contributed by atoms with Gasteiger partial charge in [0.2, 0.25) is 0 Å². The Labute approximate surface area is 145 Å². The molecule has 1 amide bonds. The van der Waals surface area contributed by atoms with Crippen LogP contribution in [-0.4, -0.2) is 16.6 Å². The number of carbonyl (C=O) groups excluding carboxylic acids is 1. The van der Waals surface area contributed by atoms with Crippen LogP contribution in [0.2, 0.25) is 0 Å². The van der Waals surface area contributed by atoms with Crippen molar-refractivity contribution in [2.45, 2.75) is 33.0 Å². The Bertz CT molecular complexity index is 754. The number of anilines is 1. The molecule has 0 atom stereocenters. The molecule has 132 valence electrons. The first-order valence-electron chi connectivity index (χ1n) is 7.70. The number of non-ortho nitro benzene ring substituents is 1. The van der Waals surface area contributed by atoms with E-state index in [2.05, 4.69) is 5.32 Å². The summed E-state index contributed by atoms with van der Waals surface area (Å²) in [5.41, 5.74) is 0.418. The maximum absolute atomic E-state index is 12.0. The molecule has 0 radical (unpaired) electrons. The quantitative estimate of drug-likeness (QED) is 0.636. The molecule has 0 aromatic heterocycles. The first kappa shape index (κ1) is 18.3. The molecule has 0 aliphatic heterocycles. The van der Waals surface area contributed by atoms with E-state index in [1.165, 1.54) is 18.2 Å². The molecular formula is C18H20N2O5. The van der Waals surface area contributed by atoms with Crippen LogP contribution < -0.4 is 10.1 Å². The Morgan fingerprint density at radius 3 is 2.44 bits per heavy atom. The van der Waals surface area contributed by atoms with E-state index >= 15 is 0 Å². The molecule has 0 unspecified atom stereocenters. The Morgan fingerprint density at radius 1 is 1.16 bits per heavy atom. The fraction of sp³-hybridized carbons (Fsp3) is 0.278. The summed E-state index contributed by atoms with van der Waals surface area (Å²) in [7, 11) is 0. The number of carbonyl (C=O) groups is 1. The molecule has 2 rings (SSSR count). The number of ether oxygens (including phenoxy) is 2. The summed E-state index contributed by atoms with van der Waals surface area (Å²) in [5.74, 6) is 0.198. The SMILES string of the molecule is CC(C)(C)OC(=O)Nc1ccc([N+](=O)[O-])cc1OCc1ccccc1. The van der Waals surface area contributed by atoms with E-state index in [-0.39, 0.29) is 18.0 Å². The highest BCUT2D eigenvalue weighted by Crippen LogP contribution is 2.30. The zero-order valence-electron chi connectivity index (χ0n) is 14.3. The summed E-state index contributed by atoms with van der Waals surface area (Å²) in [6.07, 6.45) is -0.661. The number of nitro groups is 1. The van der Waals surface area contributed by atoms with Crippen molar-refractivity contribution in [2.75, 3.05) is 5.32 Å². The molecule has 0 spiro atoms. The van der Waals surface area contributed by atoms with Crippen molar-refractivity contribution in [3.05, 3.63) is 64.2 Å². The largest absolute Gasteiger partial charge is 0.486 e. The van der Waals surface area contributed by atoms with Gasteiger partial charge in [-0.1, -0.05) is 30.3 Å². The fourth-order valence-electron chi connectivity index (χ4n) is 2.00. The summed E-state index contributed by atoms with van der Waals surface area (Å²) in [4.78, 5) is 22.4. The summed E-state index contributed by atoms with van der Waals surface area (Å²) < 4.78 is 10.9. The lowest BCUT2D eigenvalue weighted by atomic mass is 10.2. The van der Waals surface area contributed by atoms with Gasteiger partial charge in [0.1, 0.15) is 18.0 Å². The first-order valence-corrected chi connectivity index (χ1v) is 7.70. The minimum absolute atomic E-state index is 0.127. The molecule has 0 aliphatic rings. The highest BCUT2D eigenvalue weighted by atomic mass is 16.6. The number of rotatable bonds is 5. The number of nitro benzene ring substituents is 1. The van der Waals surface area contributed by atoms with E-state index in [0.29, 0.717) is 5.69 Å². The first-order chi connectivity index (χ1) is 11.7. The number of amides is 1. The molecule has 25 heavy (non-hydrogen) atoms. The topological polar surface area (TPSA) is 90.7 Å². The van der Waals surface area contributed by atoms with Crippen molar-refractivity contribution in [2.24, 2.45) is 0 Å². The highest BCUT2D eigenvalue weighted by molar-refractivity contribution is 5.87. The summed E-state index contributed by atoms with van der Waals surface area (Å²) >= 11 is 0. The summed E-state index contributed by atoms with van der Waals surface area (Å²) in [5, 5.41) is 13.5. The van der Waals surface area contributed by atoms with E-state index in [1.54, 1.807) is 20.8 Å². The van der Waals surface area contributed by atoms with E-state index in [1.807, 2.05) is 30.3 Å². The lowest BCUT2D eigenvalue weighted by Crippen LogP contribution is -2.27. The van der Waals surface area contributed by atoms with E-state index in [9.17, 15) is 14.9 Å². The van der Waals surface area contributed by atoms with Gasteiger partial charge in [-0.05, 0) is 32.4 Å². The monoisotopic (exact) mass is 344 g/mol. The zero-order valence-corrected chi connectivity index (χ0v) is 14.3. The van der Waals surface area contributed by atoms with Gasteiger partial charge >= 0.3 is 6.09 Å². The predicted octanol–water partition coefficient (Wildman–Crippen LogP) is 4.52. The predicted molar refractivity (Wildman–Crippen MR) is 93.7 cm³/mol. The van der Waals surface area contributed by atoms with Crippen LogP contribution in [0.15, 0.2) is 48.5 Å². The van der Waals surface area contributed by atoms with Crippen LogP contribution in [-0.2, 0) is 11.3 Å². The molecular weight excluding hydrogens is 324 g/mol. The third kappa shape index (κ3) is 5.80. The van der Waals surface area contributed by atoms with Crippen LogP contribution in [0.25, 0.3) is 0 Å². The van der Waals surface area contributed by atoms with Crippen molar-refractivity contribution < 1.29 is 19.2 Å². The van der Waals surface area contributed by atoms with Gasteiger partial charge in [0.15, 0.2) is 0 Å². The summed E-state index contributed by atoms with van der Waals surface area (Å²) in [6.45, 7) is 5.45. The van der Waals surface area contributed by atoms with Gasteiger partial charge < -0.3 is 9.47 Å². The maximum atomic E-state index is 12.0. The molecule has 0 heterocycles. The molecule has 0 aliphatic carbocycles. The van der Waals surface area contributed by atoms with Crippen molar-refractivity contribution in [3.63, 3.8) is 0 Å². The molecule has 7 heteroatoms. The second-order valence-electron chi connectivity index (χ2n) is 6.34. The van der Waals surface area contributed by atoms with E-state index < -0.39 is 16.6 Å². The zero-order chi connectivity index (χ0) is 18.4. The lowest BCUT2D eigenvalue weighted by Gasteiger charge is -2.20. The number of hydrogen-bond donors (Lipinski definition) is 1. The van der Waals surface area contributed by atoms with Crippen LogP contribution in [0.3, 0.4) is 0 Å². The van der Waals surface area contributed by atoms with Crippen LogP contribution in [0.5, 0.6) is 5.75 Å². The van der Waals surface area contributed by atoms with Gasteiger partial charge in [0.25, 0.3) is 5.69 Å². The molecule has 0 fully saturated rings. The van der Waals surface area contributed by atoms with Crippen molar-refractivity contribution in [1.29, 1.82) is 0 Å². The van der Waals surface area contributed by atoms with Crippen LogP contribution >= 0.6 is 0 Å². The molecule has 2 aromatic carbocycles. The second kappa shape index (κ2) is 7.65. The second-order valence-corrected chi connectivity index (χ2v) is 6.34. The van der Waals surface area contributed by atoms with Gasteiger partial charge in [-0.25, -0.2) is 4.79 Å². The van der Waals surface area contributed by atoms with Crippen LogP contribution in [0.1, 0.15) is 26.3 Å². The van der Waals surface area contributed by atoms with Crippen LogP contribution in [0.4, 0.5) is 16.2 Å². The van der Waals surface area contributed by atoms with Gasteiger partial charge in [-0.15, -0.1) is 0 Å². The molecule has 0 saturated carbocycles. The highest BCUT2D eigenvalue weighted by Gasteiger charge is 2.19. The van der Waals surface area contributed by atoms with Gasteiger partial charge in [0, 0.05) is 6.07 Å². The van der Waals surface area contributed by atoms with E-state index in [0.717, 1.165) is 5.56 Å². The fourth-order valence-corrected chi connectivity index (χ4v) is 2.00. The number of nitrogens with zero attached hydrogens (tertiary/aromatic N) is 1. The molecule has 2 aromatic rings. The van der Waals surface area contributed by atoms with Gasteiger partial charge in [0.05, 0.1) is 16.7 Å². The molecule has 1 N–H and O–H groups in total. The minimum Gasteiger partial charge on any atom is -0.486 e. The third-order valence-corrected chi connectivity index (χ3v) is 3.05. The number of hydrogen-bond acceptors (Lipinski definition) is 5. The Morgan fingerprint density at radius 2 is 1.84 bits per heavy atom. The molecule has 0 bridgehead atoms. The van der Waals surface area contributed by atoms with Crippen molar-refractivity contribution in [3.8, 4) is 5.75 Å². The number of nitrogens with one attached hydrogen (secondary N) is 1.